The molecular weight excluding hydrogens is 392 g/mol. The average Bonchev–Trinajstić information content (AvgIpc) is 3.16. The number of rotatable bonds is 4. The van der Waals surface area contributed by atoms with Crippen LogP contribution in [0.2, 0.25) is 0 Å². The minimum atomic E-state index is -1.55. The Labute approximate surface area is 162 Å². The maximum atomic E-state index is 14.9. The Kier molecular flexibility index (Phi) is 4.87. The second-order valence-electron chi connectivity index (χ2n) is 6.60. The lowest BCUT2D eigenvalue weighted by molar-refractivity contribution is -0.0369. The van der Waals surface area contributed by atoms with Crippen molar-refractivity contribution in [2.75, 3.05) is 6.61 Å². The van der Waals surface area contributed by atoms with Crippen LogP contribution in [0, 0.1) is 28.7 Å². The molecule has 0 amide bonds. The largest absolute Gasteiger partial charge is 0.451 e. The van der Waals surface area contributed by atoms with Crippen LogP contribution in [0.5, 0.6) is 11.5 Å². The van der Waals surface area contributed by atoms with Crippen LogP contribution in [0.3, 0.4) is 0 Å². The number of hydrogen-bond acceptors (Lipinski definition) is 4. The summed E-state index contributed by atoms with van der Waals surface area (Å²) in [5.41, 5.74) is 4.59. The predicted octanol–water partition coefficient (Wildman–Crippen LogP) is 4.37. The van der Waals surface area contributed by atoms with Gasteiger partial charge in [-0.05, 0) is 37.5 Å². The van der Waals surface area contributed by atoms with Crippen molar-refractivity contribution >= 4 is 16.7 Å². The van der Waals surface area contributed by atoms with E-state index in [1.165, 1.54) is 0 Å². The third kappa shape index (κ3) is 3.29. The number of nitrogens with zero attached hydrogens (tertiary/aromatic N) is 2. The van der Waals surface area contributed by atoms with E-state index in [0.29, 0.717) is 13.0 Å². The molecule has 152 valence electrons. The monoisotopic (exact) mass is 408 g/mol. The zero-order valence-corrected chi connectivity index (χ0v) is 15.0. The fourth-order valence-corrected chi connectivity index (χ4v) is 3.28. The van der Waals surface area contributed by atoms with E-state index in [-0.39, 0.29) is 22.2 Å². The summed E-state index contributed by atoms with van der Waals surface area (Å²) in [5.74, 6) is -6.66. The molecule has 3 aromatic rings. The second-order valence-corrected chi connectivity index (χ2v) is 6.60. The quantitative estimate of drug-likeness (QED) is 0.291. The number of nitrogen functional groups attached to an aromatic ring is 1. The highest BCUT2D eigenvalue weighted by molar-refractivity contribution is 5.95. The van der Waals surface area contributed by atoms with Gasteiger partial charge in [0.2, 0.25) is 11.6 Å². The number of fused-ring (bicyclic) bond motifs is 1. The fraction of sp³-hybridized carbons (Fsp3) is 0.263. The number of nitrogens with two attached hydrogens (primary N) is 1. The number of halogens is 4. The first-order chi connectivity index (χ1) is 13.9. The van der Waals surface area contributed by atoms with Crippen molar-refractivity contribution in [2.45, 2.75) is 25.5 Å². The van der Waals surface area contributed by atoms with Gasteiger partial charge < -0.3 is 15.2 Å². The number of amidine groups is 1. The summed E-state index contributed by atoms with van der Waals surface area (Å²) < 4.78 is 69.9. The van der Waals surface area contributed by atoms with Crippen molar-refractivity contribution in [3.63, 3.8) is 0 Å². The van der Waals surface area contributed by atoms with E-state index < -0.39 is 41.1 Å². The number of nitrogens with one attached hydrogen (secondary N) is 1. The van der Waals surface area contributed by atoms with E-state index in [9.17, 15) is 17.6 Å². The molecule has 1 aromatic heterocycles. The van der Waals surface area contributed by atoms with Gasteiger partial charge in [0.1, 0.15) is 22.9 Å². The molecule has 0 radical (unpaired) electrons. The summed E-state index contributed by atoms with van der Waals surface area (Å²) in [4.78, 5) is 0. The van der Waals surface area contributed by atoms with Crippen LogP contribution in [-0.4, -0.2) is 22.2 Å². The third-order valence-electron chi connectivity index (χ3n) is 4.71. The maximum Gasteiger partial charge on any atom is 0.206 e. The highest BCUT2D eigenvalue weighted by Crippen LogP contribution is 2.37. The third-order valence-corrected chi connectivity index (χ3v) is 4.71. The number of benzene rings is 2. The lowest BCUT2D eigenvalue weighted by atomic mass is 10.1. The minimum Gasteiger partial charge on any atom is -0.451 e. The van der Waals surface area contributed by atoms with E-state index in [4.69, 9.17) is 20.6 Å². The van der Waals surface area contributed by atoms with Crippen molar-refractivity contribution in [1.82, 2.24) is 9.78 Å². The van der Waals surface area contributed by atoms with Gasteiger partial charge in [-0.1, -0.05) is 0 Å². The highest BCUT2D eigenvalue weighted by Gasteiger charge is 2.28. The molecule has 4 rings (SSSR count). The van der Waals surface area contributed by atoms with Crippen molar-refractivity contribution in [3.8, 4) is 11.5 Å². The Balaban J connectivity index is 1.79. The molecule has 0 bridgehead atoms. The maximum absolute atomic E-state index is 14.9. The van der Waals surface area contributed by atoms with Crippen LogP contribution in [-0.2, 0) is 4.74 Å². The molecule has 6 nitrogen and oxygen atoms in total. The van der Waals surface area contributed by atoms with Gasteiger partial charge in [0.05, 0.1) is 17.1 Å². The molecule has 1 aliphatic rings. The summed E-state index contributed by atoms with van der Waals surface area (Å²) in [7, 11) is 0. The van der Waals surface area contributed by atoms with E-state index in [0.717, 1.165) is 41.9 Å². The Hall–Kier alpha value is -3.14. The summed E-state index contributed by atoms with van der Waals surface area (Å²) in [5, 5.41) is 11.0. The van der Waals surface area contributed by atoms with Crippen LogP contribution in [0.1, 0.15) is 31.1 Å². The zero-order valence-electron chi connectivity index (χ0n) is 15.0. The highest BCUT2D eigenvalue weighted by atomic mass is 19.2. The summed E-state index contributed by atoms with van der Waals surface area (Å²) in [6.45, 7) is 0.447. The summed E-state index contributed by atoms with van der Waals surface area (Å²) >= 11 is 0. The van der Waals surface area contributed by atoms with Crippen LogP contribution < -0.4 is 10.5 Å². The average molecular weight is 408 g/mol. The molecule has 3 N–H and O–H groups in total. The van der Waals surface area contributed by atoms with Crippen molar-refractivity contribution in [2.24, 2.45) is 5.73 Å². The van der Waals surface area contributed by atoms with Crippen molar-refractivity contribution in [1.29, 1.82) is 5.41 Å². The molecule has 2 aromatic carbocycles. The first-order valence-electron chi connectivity index (χ1n) is 8.85. The molecule has 1 aliphatic heterocycles. The Morgan fingerprint density at radius 3 is 2.66 bits per heavy atom. The van der Waals surface area contributed by atoms with Crippen LogP contribution in [0.4, 0.5) is 17.6 Å². The van der Waals surface area contributed by atoms with E-state index in [1.54, 1.807) is 0 Å². The fourth-order valence-electron chi connectivity index (χ4n) is 3.28. The van der Waals surface area contributed by atoms with Gasteiger partial charge >= 0.3 is 0 Å². The number of aromatic nitrogens is 2. The van der Waals surface area contributed by atoms with Crippen molar-refractivity contribution in [3.05, 3.63) is 53.2 Å². The van der Waals surface area contributed by atoms with Gasteiger partial charge in [0.25, 0.3) is 0 Å². The topological polar surface area (TPSA) is 86.2 Å². The smallest absolute Gasteiger partial charge is 0.206 e. The normalized spacial score (nSPS) is 16.9. The van der Waals surface area contributed by atoms with Gasteiger partial charge in [-0.3, -0.25) is 5.41 Å². The molecule has 29 heavy (non-hydrogen) atoms. The molecule has 2 heterocycles. The summed E-state index contributed by atoms with van der Waals surface area (Å²) in [6.07, 6.45) is 2.67. The van der Waals surface area contributed by atoms with E-state index >= 15 is 0 Å². The molecule has 1 fully saturated rings. The molecule has 1 saturated heterocycles. The zero-order chi connectivity index (χ0) is 20.7. The predicted molar refractivity (Wildman–Crippen MR) is 95.9 cm³/mol. The van der Waals surface area contributed by atoms with Gasteiger partial charge in [0.15, 0.2) is 17.9 Å². The Morgan fingerprint density at radius 1 is 1.17 bits per heavy atom. The van der Waals surface area contributed by atoms with Crippen LogP contribution in [0.25, 0.3) is 10.9 Å². The minimum absolute atomic E-state index is 0.212. The van der Waals surface area contributed by atoms with E-state index in [2.05, 4.69) is 5.10 Å². The Bertz CT molecular complexity index is 1110. The first-order valence-corrected chi connectivity index (χ1v) is 8.85. The molecule has 0 saturated carbocycles. The molecule has 1 atom stereocenters. The lowest BCUT2D eigenvalue weighted by Crippen LogP contribution is -2.19. The van der Waals surface area contributed by atoms with Gasteiger partial charge in [0, 0.05) is 6.61 Å². The summed E-state index contributed by atoms with van der Waals surface area (Å²) in [6, 6.07) is 3.01. The molecule has 0 spiro atoms. The first kappa shape index (κ1) is 19.2. The SMILES string of the molecule is N=C(N)c1cc(Oc2c(F)c(F)c3c(cnn3C3CCCCO3)c2F)ccc1F. The standard InChI is InChI=1S/C19H16F4N4O2/c20-12-5-4-9(7-10(12)19(24)25)29-18-14(21)11-8-26-27(13-3-1-2-6-28-13)17(11)15(22)16(18)23/h4-5,7-8,13H,1-3,6H2,(H3,24,25). The van der Waals surface area contributed by atoms with Crippen molar-refractivity contribution < 1.29 is 27.0 Å². The molecule has 10 heteroatoms. The number of ether oxygens (including phenoxy) is 2. The van der Waals surface area contributed by atoms with Crippen LogP contribution in [0.15, 0.2) is 24.4 Å². The molecule has 0 aliphatic carbocycles. The molecule has 1 unspecified atom stereocenters. The van der Waals surface area contributed by atoms with Gasteiger partial charge in [-0.25, -0.2) is 17.9 Å². The lowest BCUT2D eigenvalue weighted by Gasteiger charge is -2.23. The molecular formula is C19H16F4N4O2. The van der Waals surface area contributed by atoms with Crippen LogP contribution >= 0.6 is 0 Å². The Morgan fingerprint density at radius 2 is 1.97 bits per heavy atom. The number of hydrogen-bond donors (Lipinski definition) is 2. The van der Waals surface area contributed by atoms with Gasteiger partial charge in [-0.15, -0.1) is 0 Å². The van der Waals surface area contributed by atoms with E-state index in [1.807, 2.05) is 0 Å². The second kappa shape index (κ2) is 7.36. The van der Waals surface area contributed by atoms with Gasteiger partial charge in [-0.2, -0.15) is 9.49 Å².